The molecule has 0 radical (unpaired) electrons. The summed E-state index contributed by atoms with van der Waals surface area (Å²) < 4.78 is 5.76. The highest BCUT2D eigenvalue weighted by atomic mass is 35.5. The molecule has 0 saturated carbocycles. The van der Waals surface area contributed by atoms with Crippen molar-refractivity contribution in [3.8, 4) is 11.3 Å². The molecular weight excluding hydrogens is 358 g/mol. The van der Waals surface area contributed by atoms with Crippen LogP contribution in [0.5, 0.6) is 0 Å². The molecular formula is C23H16ClNO2. The number of hydrogen-bond acceptors (Lipinski definition) is 2. The second kappa shape index (κ2) is 6.29. The van der Waals surface area contributed by atoms with Crippen LogP contribution in [0.25, 0.3) is 22.1 Å². The molecule has 4 aromatic rings. The lowest BCUT2D eigenvalue weighted by atomic mass is 10.0. The maximum absolute atomic E-state index is 12.7. The van der Waals surface area contributed by atoms with Gasteiger partial charge in [-0.3, -0.25) is 4.79 Å². The van der Waals surface area contributed by atoms with Gasteiger partial charge in [-0.15, -0.1) is 0 Å². The summed E-state index contributed by atoms with van der Waals surface area (Å²) in [6.45, 7) is 0. The van der Waals surface area contributed by atoms with Crippen molar-refractivity contribution in [3.05, 3.63) is 88.6 Å². The largest absolute Gasteiger partial charge is 0.451 e. The Bertz CT molecular complexity index is 1160. The first-order chi connectivity index (χ1) is 13.2. The number of hydrogen-bond donors (Lipinski definition) is 1. The average molecular weight is 374 g/mol. The van der Waals surface area contributed by atoms with Crippen molar-refractivity contribution < 1.29 is 9.21 Å². The quantitative estimate of drug-likeness (QED) is 0.471. The highest BCUT2D eigenvalue weighted by molar-refractivity contribution is 6.30. The number of amides is 1. The van der Waals surface area contributed by atoms with Crippen molar-refractivity contribution in [2.45, 2.75) is 12.8 Å². The molecule has 0 atom stereocenters. The topological polar surface area (TPSA) is 42.2 Å². The minimum absolute atomic E-state index is 0.256. The van der Waals surface area contributed by atoms with E-state index in [-0.39, 0.29) is 11.7 Å². The van der Waals surface area contributed by atoms with Crippen molar-refractivity contribution in [1.82, 2.24) is 0 Å². The molecule has 132 valence electrons. The summed E-state index contributed by atoms with van der Waals surface area (Å²) in [4.78, 5) is 12.7. The Morgan fingerprint density at radius 3 is 2.48 bits per heavy atom. The van der Waals surface area contributed by atoms with Gasteiger partial charge in [0.15, 0.2) is 5.76 Å². The SMILES string of the molecule is O=C(Nc1ccc2c3c(cccc13)CC2)c1ccc(-c2ccc(Cl)cc2)o1. The molecule has 1 aliphatic rings. The molecule has 0 bridgehead atoms. The number of aryl methyl sites for hydroxylation is 2. The highest BCUT2D eigenvalue weighted by Gasteiger charge is 2.18. The van der Waals surface area contributed by atoms with Gasteiger partial charge in [0, 0.05) is 21.7 Å². The van der Waals surface area contributed by atoms with Crippen molar-refractivity contribution in [2.24, 2.45) is 0 Å². The monoisotopic (exact) mass is 373 g/mol. The molecule has 0 saturated heterocycles. The highest BCUT2D eigenvalue weighted by Crippen LogP contribution is 2.35. The Labute approximate surface area is 161 Å². The van der Waals surface area contributed by atoms with Crippen LogP contribution in [0.4, 0.5) is 5.69 Å². The van der Waals surface area contributed by atoms with Gasteiger partial charge in [-0.25, -0.2) is 0 Å². The lowest BCUT2D eigenvalue weighted by molar-refractivity contribution is 0.0997. The van der Waals surface area contributed by atoms with Gasteiger partial charge in [-0.05, 0) is 71.8 Å². The Morgan fingerprint density at radius 1 is 0.889 bits per heavy atom. The van der Waals surface area contributed by atoms with Crippen molar-refractivity contribution in [1.29, 1.82) is 0 Å². The summed E-state index contributed by atoms with van der Waals surface area (Å²) in [5.41, 5.74) is 4.39. The zero-order valence-corrected chi connectivity index (χ0v) is 15.2. The molecule has 1 aromatic heterocycles. The lowest BCUT2D eigenvalue weighted by Gasteiger charge is -2.09. The van der Waals surface area contributed by atoms with Crippen LogP contribution in [0, 0.1) is 0 Å². The number of carbonyl (C=O) groups excluding carboxylic acids is 1. The summed E-state index contributed by atoms with van der Waals surface area (Å²) in [6.07, 6.45) is 2.12. The van der Waals surface area contributed by atoms with Crippen LogP contribution in [0.1, 0.15) is 21.7 Å². The summed E-state index contributed by atoms with van der Waals surface area (Å²) in [5.74, 6) is 0.661. The Kier molecular flexibility index (Phi) is 3.76. The van der Waals surface area contributed by atoms with E-state index in [1.54, 1.807) is 24.3 Å². The molecule has 0 aliphatic heterocycles. The van der Waals surface area contributed by atoms with Gasteiger partial charge in [0.25, 0.3) is 5.91 Å². The first-order valence-electron chi connectivity index (χ1n) is 8.90. The molecule has 1 heterocycles. The number of rotatable bonds is 3. The average Bonchev–Trinajstić information content (AvgIpc) is 3.33. The molecule has 0 fully saturated rings. The molecule has 0 unspecified atom stereocenters. The predicted octanol–water partition coefficient (Wildman–Crippen LogP) is 6.10. The molecule has 5 rings (SSSR count). The van der Waals surface area contributed by atoms with E-state index in [9.17, 15) is 4.79 Å². The van der Waals surface area contributed by atoms with Gasteiger partial charge in [-0.1, -0.05) is 35.9 Å². The third-order valence-corrected chi connectivity index (χ3v) is 5.34. The minimum atomic E-state index is -0.256. The van der Waals surface area contributed by atoms with Crippen LogP contribution >= 0.6 is 11.6 Å². The van der Waals surface area contributed by atoms with Crippen LogP contribution in [0.15, 0.2) is 71.1 Å². The molecule has 3 aromatic carbocycles. The van der Waals surface area contributed by atoms with Crippen LogP contribution in [-0.4, -0.2) is 5.91 Å². The first-order valence-corrected chi connectivity index (χ1v) is 9.27. The zero-order valence-electron chi connectivity index (χ0n) is 14.5. The van der Waals surface area contributed by atoms with E-state index < -0.39 is 0 Å². The number of halogens is 1. The number of nitrogens with one attached hydrogen (secondary N) is 1. The number of anilines is 1. The third-order valence-electron chi connectivity index (χ3n) is 5.08. The van der Waals surface area contributed by atoms with Gasteiger partial charge < -0.3 is 9.73 Å². The minimum Gasteiger partial charge on any atom is -0.451 e. The van der Waals surface area contributed by atoms with E-state index in [0.29, 0.717) is 10.8 Å². The van der Waals surface area contributed by atoms with E-state index in [0.717, 1.165) is 29.5 Å². The van der Waals surface area contributed by atoms with Crippen molar-refractivity contribution >= 4 is 34.0 Å². The van der Waals surface area contributed by atoms with Gasteiger partial charge in [0.2, 0.25) is 0 Å². The molecule has 0 spiro atoms. The fourth-order valence-electron chi connectivity index (χ4n) is 3.77. The summed E-state index contributed by atoms with van der Waals surface area (Å²) in [6, 6.07) is 21.2. The van der Waals surface area contributed by atoms with Gasteiger partial charge in [0.1, 0.15) is 5.76 Å². The maximum Gasteiger partial charge on any atom is 0.291 e. The van der Waals surface area contributed by atoms with E-state index in [1.165, 1.54) is 16.5 Å². The first kappa shape index (κ1) is 16.2. The lowest BCUT2D eigenvalue weighted by Crippen LogP contribution is -2.11. The molecule has 1 N–H and O–H groups in total. The normalized spacial score (nSPS) is 12.5. The van der Waals surface area contributed by atoms with Crippen LogP contribution in [0.2, 0.25) is 5.02 Å². The summed E-state index contributed by atoms with van der Waals surface area (Å²) in [7, 11) is 0. The Balaban J connectivity index is 1.45. The number of carbonyl (C=O) groups is 1. The third kappa shape index (κ3) is 2.81. The number of furan rings is 1. The standard InChI is InChI=1S/C23H16ClNO2/c24-17-9-6-14(7-10-17)20-12-13-21(27-20)23(26)25-19-11-8-16-5-4-15-2-1-3-18(19)22(15)16/h1-3,6-13H,4-5H2,(H,25,26). The fraction of sp³-hybridized carbons (Fsp3) is 0.0870. The van der Waals surface area contributed by atoms with Crippen LogP contribution < -0.4 is 5.32 Å². The van der Waals surface area contributed by atoms with E-state index in [4.69, 9.17) is 16.0 Å². The molecule has 4 heteroatoms. The molecule has 1 amide bonds. The van der Waals surface area contributed by atoms with E-state index >= 15 is 0 Å². The predicted molar refractivity (Wildman–Crippen MR) is 108 cm³/mol. The van der Waals surface area contributed by atoms with E-state index in [2.05, 4.69) is 23.5 Å². The van der Waals surface area contributed by atoms with Crippen molar-refractivity contribution in [3.63, 3.8) is 0 Å². The Hall–Kier alpha value is -3.04. The van der Waals surface area contributed by atoms with Crippen molar-refractivity contribution in [2.75, 3.05) is 5.32 Å². The smallest absolute Gasteiger partial charge is 0.291 e. The summed E-state index contributed by atoms with van der Waals surface area (Å²) >= 11 is 5.92. The molecule has 3 nitrogen and oxygen atoms in total. The fourth-order valence-corrected chi connectivity index (χ4v) is 3.89. The van der Waals surface area contributed by atoms with Crippen LogP contribution in [-0.2, 0) is 12.8 Å². The Morgan fingerprint density at radius 2 is 1.67 bits per heavy atom. The van der Waals surface area contributed by atoms with Gasteiger partial charge in [0.05, 0.1) is 0 Å². The van der Waals surface area contributed by atoms with Gasteiger partial charge >= 0.3 is 0 Å². The van der Waals surface area contributed by atoms with Gasteiger partial charge in [-0.2, -0.15) is 0 Å². The van der Waals surface area contributed by atoms with E-state index in [1.807, 2.05) is 24.3 Å². The zero-order chi connectivity index (χ0) is 18.4. The second-order valence-corrected chi connectivity index (χ2v) is 7.17. The van der Waals surface area contributed by atoms with Crippen LogP contribution in [0.3, 0.4) is 0 Å². The summed E-state index contributed by atoms with van der Waals surface area (Å²) in [5, 5.41) is 6.02. The number of benzene rings is 3. The molecule has 1 aliphatic carbocycles. The maximum atomic E-state index is 12.7. The second-order valence-electron chi connectivity index (χ2n) is 6.74. The molecule has 27 heavy (non-hydrogen) atoms.